The molecule has 116 valence electrons. The lowest BCUT2D eigenvalue weighted by Gasteiger charge is -2.30. The monoisotopic (exact) mass is 318 g/mol. The minimum Gasteiger partial charge on any atom is -0.299 e. The third-order valence-corrected chi connectivity index (χ3v) is 5.03. The Morgan fingerprint density at radius 3 is 2.50 bits per heavy atom. The van der Waals surface area contributed by atoms with Gasteiger partial charge in [-0.3, -0.25) is 15.0 Å². The number of aryl methyl sites for hydroxylation is 1. The van der Waals surface area contributed by atoms with Crippen LogP contribution in [0.25, 0.3) is 0 Å². The van der Waals surface area contributed by atoms with E-state index >= 15 is 0 Å². The number of nitrogens with zero attached hydrogens (tertiary/aromatic N) is 4. The first-order valence-electron chi connectivity index (χ1n) is 7.37. The highest BCUT2D eigenvalue weighted by Gasteiger charge is 2.23. The molecule has 7 heteroatoms. The molecule has 1 aliphatic heterocycles. The fourth-order valence-corrected chi connectivity index (χ4v) is 3.66. The number of rotatable bonds is 4. The van der Waals surface area contributed by atoms with Gasteiger partial charge in [-0.05, 0) is 38.4 Å². The quantitative estimate of drug-likeness (QED) is 0.639. The number of aromatic nitrogens is 2. The molecule has 1 saturated heterocycles. The van der Waals surface area contributed by atoms with Crippen molar-refractivity contribution >= 4 is 17.0 Å². The first-order chi connectivity index (χ1) is 10.6. The normalized spacial score (nSPS) is 16.8. The summed E-state index contributed by atoms with van der Waals surface area (Å²) in [5, 5.41) is 21.2. The van der Waals surface area contributed by atoms with Crippen LogP contribution in [0.2, 0.25) is 0 Å². The van der Waals surface area contributed by atoms with Crippen LogP contribution in [0, 0.1) is 17.0 Å². The predicted molar refractivity (Wildman–Crippen MR) is 85.0 cm³/mol. The number of non-ortho nitro benzene ring substituents is 1. The smallest absolute Gasteiger partial charge is 0.269 e. The lowest BCUT2D eigenvalue weighted by atomic mass is 9.97. The molecule has 0 amide bonds. The standard InChI is InChI=1S/C15H18N4O2S/c1-11-16-17-15(22-11)13-6-8-18(9-7-13)10-12-2-4-14(5-3-12)19(20)21/h2-5,13H,6-10H2,1H3. The van der Waals surface area contributed by atoms with Crippen molar-refractivity contribution in [2.24, 2.45) is 0 Å². The maximum atomic E-state index is 10.7. The summed E-state index contributed by atoms with van der Waals surface area (Å²) >= 11 is 1.70. The van der Waals surface area contributed by atoms with Gasteiger partial charge in [0.15, 0.2) is 0 Å². The van der Waals surface area contributed by atoms with Gasteiger partial charge in [-0.15, -0.1) is 21.5 Å². The summed E-state index contributed by atoms with van der Waals surface area (Å²) in [5.74, 6) is 0.527. The summed E-state index contributed by atoms with van der Waals surface area (Å²) in [6.45, 7) is 4.89. The fraction of sp³-hybridized carbons (Fsp3) is 0.467. The van der Waals surface area contributed by atoms with Crippen LogP contribution in [0.5, 0.6) is 0 Å². The molecule has 0 radical (unpaired) electrons. The number of likely N-dealkylation sites (tertiary alicyclic amines) is 1. The lowest BCUT2D eigenvalue weighted by molar-refractivity contribution is -0.384. The van der Waals surface area contributed by atoms with E-state index in [1.165, 1.54) is 0 Å². The zero-order chi connectivity index (χ0) is 15.5. The Morgan fingerprint density at radius 2 is 1.95 bits per heavy atom. The summed E-state index contributed by atoms with van der Waals surface area (Å²) in [6, 6.07) is 6.84. The van der Waals surface area contributed by atoms with Gasteiger partial charge < -0.3 is 0 Å². The molecule has 1 fully saturated rings. The van der Waals surface area contributed by atoms with Crippen LogP contribution in [0.1, 0.15) is 34.3 Å². The van der Waals surface area contributed by atoms with Crippen molar-refractivity contribution in [2.45, 2.75) is 32.2 Å². The van der Waals surface area contributed by atoms with Crippen LogP contribution in [0.4, 0.5) is 5.69 Å². The van der Waals surface area contributed by atoms with Crippen molar-refractivity contribution in [1.82, 2.24) is 15.1 Å². The van der Waals surface area contributed by atoms with Gasteiger partial charge in [-0.25, -0.2) is 0 Å². The van der Waals surface area contributed by atoms with Crippen LogP contribution >= 0.6 is 11.3 Å². The van der Waals surface area contributed by atoms with E-state index in [1.54, 1.807) is 23.5 Å². The van der Waals surface area contributed by atoms with Crippen molar-refractivity contribution in [3.05, 3.63) is 50.0 Å². The molecule has 0 saturated carbocycles. The highest BCUT2D eigenvalue weighted by Crippen LogP contribution is 2.30. The average molecular weight is 318 g/mol. The third kappa shape index (κ3) is 3.48. The first-order valence-corrected chi connectivity index (χ1v) is 8.19. The Hall–Kier alpha value is -1.86. The number of piperidine rings is 1. The summed E-state index contributed by atoms with van der Waals surface area (Å²) in [7, 11) is 0. The van der Waals surface area contributed by atoms with Gasteiger partial charge in [0.05, 0.1) is 4.92 Å². The lowest BCUT2D eigenvalue weighted by Crippen LogP contribution is -2.32. The van der Waals surface area contributed by atoms with Crippen molar-refractivity contribution in [1.29, 1.82) is 0 Å². The second-order valence-electron chi connectivity index (χ2n) is 5.63. The Kier molecular flexibility index (Phi) is 4.44. The maximum absolute atomic E-state index is 10.7. The average Bonchev–Trinajstić information content (AvgIpc) is 2.95. The second kappa shape index (κ2) is 6.50. The molecule has 3 rings (SSSR count). The van der Waals surface area contributed by atoms with Crippen molar-refractivity contribution in [3.63, 3.8) is 0 Å². The Bertz CT molecular complexity index is 648. The molecule has 0 unspecified atom stereocenters. The maximum Gasteiger partial charge on any atom is 0.269 e. The van der Waals surface area contributed by atoms with E-state index in [9.17, 15) is 10.1 Å². The molecule has 0 spiro atoms. The number of hydrogen-bond acceptors (Lipinski definition) is 6. The zero-order valence-electron chi connectivity index (χ0n) is 12.4. The van der Waals surface area contributed by atoms with E-state index in [0.29, 0.717) is 5.92 Å². The van der Waals surface area contributed by atoms with E-state index in [0.717, 1.165) is 48.1 Å². The second-order valence-corrected chi connectivity index (χ2v) is 6.85. The molecule has 0 atom stereocenters. The molecule has 0 N–H and O–H groups in total. The largest absolute Gasteiger partial charge is 0.299 e. The van der Waals surface area contributed by atoms with Gasteiger partial charge in [0.2, 0.25) is 0 Å². The van der Waals surface area contributed by atoms with E-state index in [-0.39, 0.29) is 10.6 Å². The number of nitro benzene ring substituents is 1. The van der Waals surface area contributed by atoms with Crippen LogP contribution in [0.15, 0.2) is 24.3 Å². The predicted octanol–water partition coefficient (Wildman–Crippen LogP) is 3.13. The molecule has 2 aromatic rings. The van der Waals surface area contributed by atoms with Crippen molar-refractivity contribution in [3.8, 4) is 0 Å². The third-order valence-electron chi connectivity index (χ3n) is 4.03. The molecule has 0 aliphatic carbocycles. The molecular formula is C15H18N4O2S. The zero-order valence-corrected chi connectivity index (χ0v) is 13.3. The van der Waals surface area contributed by atoms with E-state index < -0.39 is 0 Å². The van der Waals surface area contributed by atoms with Gasteiger partial charge in [0.1, 0.15) is 10.0 Å². The fourth-order valence-electron chi connectivity index (χ4n) is 2.80. The van der Waals surface area contributed by atoms with Gasteiger partial charge >= 0.3 is 0 Å². The number of benzene rings is 1. The number of nitro groups is 1. The SMILES string of the molecule is Cc1nnc(C2CCN(Cc3ccc([N+](=O)[O-])cc3)CC2)s1. The summed E-state index contributed by atoms with van der Waals surface area (Å²) in [4.78, 5) is 12.7. The first kappa shape index (κ1) is 15.1. The highest BCUT2D eigenvalue weighted by atomic mass is 32.1. The van der Waals surface area contributed by atoms with E-state index in [2.05, 4.69) is 15.1 Å². The van der Waals surface area contributed by atoms with Crippen LogP contribution in [0.3, 0.4) is 0 Å². The molecule has 1 aliphatic rings. The highest BCUT2D eigenvalue weighted by molar-refractivity contribution is 7.11. The van der Waals surface area contributed by atoms with Gasteiger partial charge in [0.25, 0.3) is 5.69 Å². The molecule has 22 heavy (non-hydrogen) atoms. The molecule has 1 aromatic heterocycles. The molecule has 0 bridgehead atoms. The van der Waals surface area contributed by atoms with Crippen molar-refractivity contribution < 1.29 is 4.92 Å². The minimum absolute atomic E-state index is 0.147. The van der Waals surface area contributed by atoms with E-state index in [4.69, 9.17) is 0 Å². The Balaban J connectivity index is 1.54. The number of hydrogen-bond donors (Lipinski definition) is 0. The van der Waals surface area contributed by atoms with Gasteiger partial charge in [-0.2, -0.15) is 0 Å². The van der Waals surface area contributed by atoms with E-state index in [1.807, 2.05) is 19.1 Å². The molecule has 2 heterocycles. The van der Waals surface area contributed by atoms with Crippen LogP contribution in [-0.2, 0) is 6.54 Å². The van der Waals surface area contributed by atoms with Crippen molar-refractivity contribution in [2.75, 3.05) is 13.1 Å². The molecule has 1 aromatic carbocycles. The van der Waals surface area contributed by atoms with Gasteiger partial charge in [0, 0.05) is 24.6 Å². The summed E-state index contributed by atoms with van der Waals surface area (Å²) < 4.78 is 0. The van der Waals surface area contributed by atoms with Crippen LogP contribution in [-0.4, -0.2) is 33.1 Å². The molecular weight excluding hydrogens is 300 g/mol. The Labute approximate surface area is 132 Å². The topological polar surface area (TPSA) is 72.2 Å². The summed E-state index contributed by atoms with van der Waals surface area (Å²) in [5.41, 5.74) is 1.27. The minimum atomic E-state index is -0.362. The Morgan fingerprint density at radius 1 is 1.27 bits per heavy atom. The van der Waals surface area contributed by atoms with Crippen LogP contribution < -0.4 is 0 Å². The summed E-state index contributed by atoms with van der Waals surface area (Å²) in [6.07, 6.45) is 2.20. The van der Waals surface area contributed by atoms with Gasteiger partial charge in [-0.1, -0.05) is 12.1 Å². The molecule has 6 nitrogen and oxygen atoms in total.